The number of para-hydroxylation sites is 1. The highest BCUT2D eigenvalue weighted by molar-refractivity contribution is 6.39. The fraction of sp³-hybridized carbons (Fsp3) is 0.0833. The van der Waals surface area contributed by atoms with E-state index in [4.69, 9.17) is 21.1 Å². The van der Waals surface area contributed by atoms with Crippen LogP contribution in [0.15, 0.2) is 77.9 Å². The molecule has 0 saturated carbocycles. The highest BCUT2D eigenvalue weighted by atomic mass is 35.5. The van der Waals surface area contributed by atoms with Gasteiger partial charge in [-0.3, -0.25) is 9.59 Å². The first-order valence-corrected chi connectivity index (χ1v) is 10.1. The Labute approximate surface area is 195 Å². The number of rotatable bonds is 6. The average molecular weight is 466 g/mol. The number of hydrogen-bond donors (Lipinski definition) is 2. The zero-order valence-electron chi connectivity index (χ0n) is 17.8. The number of methoxy groups -OCH3 is 1. The van der Waals surface area contributed by atoms with Gasteiger partial charge in [-0.05, 0) is 61.5 Å². The van der Waals surface area contributed by atoms with Crippen molar-refractivity contribution in [3.8, 4) is 11.5 Å². The van der Waals surface area contributed by atoms with E-state index in [0.29, 0.717) is 27.7 Å². The van der Waals surface area contributed by atoms with E-state index in [1.165, 1.54) is 13.2 Å². The Hall–Kier alpha value is -4.17. The smallest absolute Gasteiger partial charge is 0.343 e. The van der Waals surface area contributed by atoms with Gasteiger partial charge in [0, 0.05) is 16.3 Å². The molecule has 9 heteroatoms. The third kappa shape index (κ3) is 6.41. The van der Waals surface area contributed by atoms with Gasteiger partial charge >= 0.3 is 17.8 Å². The second kappa shape index (κ2) is 10.9. The standard InChI is InChI=1S/C24H20ClN3O5/c1-15(27-28-23(30)22(29)26-18-10-12-19(32-2)13-11-18)20-8-3-4-9-21(20)33-24(31)16-6-5-7-17(25)14-16/h3-14H,1-2H3,(H,26,29)(H,28,30)/b27-15+. The summed E-state index contributed by atoms with van der Waals surface area (Å²) in [6.07, 6.45) is 0. The van der Waals surface area contributed by atoms with Crippen LogP contribution in [-0.2, 0) is 9.59 Å². The normalized spacial score (nSPS) is 10.8. The molecule has 0 saturated heterocycles. The summed E-state index contributed by atoms with van der Waals surface area (Å²) in [4.78, 5) is 36.7. The van der Waals surface area contributed by atoms with Crippen molar-refractivity contribution in [2.24, 2.45) is 5.10 Å². The molecule has 0 radical (unpaired) electrons. The molecule has 3 aromatic rings. The predicted molar refractivity (Wildman–Crippen MR) is 125 cm³/mol. The van der Waals surface area contributed by atoms with Crippen LogP contribution in [0.5, 0.6) is 11.5 Å². The van der Waals surface area contributed by atoms with Crippen molar-refractivity contribution in [3.63, 3.8) is 0 Å². The van der Waals surface area contributed by atoms with Gasteiger partial charge in [0.1, 0.15) is 11.5 Å². The summed E-state index contributed by atoms with van der Waals surface area (Å²) in [7, 11) is 1.53. The van der Waals surface area contributed by atoms with E-state index in [1.54, 1.807) is 73.7 Å². The minimum atomic E-state index is -0.960. The van der Waals surface area contributed by atoms with Crippen molar-refractivity contribution < 1.29 is 23.9 Å². The lowest BCUT2D eigenvalue weighted by Crippen LogP contribution is -2.33. The largest absolute Gasteiger partial charge is 0.497 e. The number of nitrogens with one attached hydrogen (secondary N) is 2. The van der Waals surface area contributed by atoms with Crippen molar-refractivity contribution in [2.45, 2.75) is 6.92 Å². The van der Waals surface area contributed by atoms with Gasteiger partial charge in [-0.25, -0.2) is 10.2 Å². The molecule has 0 aliphatic rings. The summed E-state index contributed by atoms with van der Waals surface area (Å²) in [5, 5.41) is 6.83. The molecule has 0 aliphatic carbocycles. The molecular weight excluding hydrogens is 446 g/mol. The number of hydrogen-bond acceptors (Lipinski definition) is 6. The predicted octanol–water partition coefficient (Wildman–Crippen LogP) is 4.05. The molecule has 0 heterocycles. The zero-order chi connectivity index (χ0) is 23.8. The first kappa shape index (κ1) is 23.5. The monoisotopic (exact) mass is 465 g/mol. The van der Waals surface area contributed by atoms with Crippen molar-refractivity contribution in [2.75, 3.05) is 12.4 Å². The Morgan fingerprint density at radius 3 is 2.33 bits per heavy atom. The number of hydrazone groups is 1. The van der Waals surface area contributed by atoms with Gasteiger partial charge in [0.05, 0.1) is 18.4 Å². The number of halogens is 1. The molecule has 2 N–H and O–H groups in total. The molecule has 2 amide bonds. The van der Waals surface area contributed by atoms with Gasteiger partial charge in [0.25, 0.3) is 0 Å². The molecule has 3 rings (SSSR count). The number of ether oxygens (including phenoxy) is 2. The lowest BCUT2D eigenvalue weighted by molar-refractivity contribution is -0.136. The minimum absolute atomic E-state index is 0.237. The van der Waals surface area contributed by atoms with Gasteiger partial charge < -0.3 is 14.8 Å². The molecule has 0 bridgehead atoms. The SMILES string of the molecule is COc1ccc(NC(=O)C(=O)N/N=C(\C)c2ccccc2OC(=O)c2cccc(Cl)c2)cc1. The summed E-state index contributed by atoms with van der Waals surface area (Å²) in [6.45, 7) is 1.60. The molecule has 0 aromatic heterocycles. The van der Waals surface area contributed by atoms with Crippen LogP contribution in [0.25, 0.3) is 0 Å². The number of carbonyl (C=O) groups excluding carboxylic acids is 3. The highest BCUT2D eigenvalue weighted by Crippen LogP contribution is 2.21. The number of amides is 2. The van der Waals surface area contributed by atoms with E-state index in [-0.39, 0.29) is 11.3 Å². The molecule has 0 aliphatic heterocycles. The molecule has 0 spiro atoms. The fourth-order valence-corrected chi connectivity index (χ4v) is 2.93. The van der Waals surface area contributed by atoms with Crippen LogP contribution >= 0.6 is 11.6 Å². The summed E-state index contributed by atoms with van der Waals surface area (Å²) in [5.41, 5.74) is 3.70. The van der Waals surface area contributed by atoms with Gasteiger partial charge in [-0.15, -0.1) is 0 Å². The topological polar surface area (TPSA) is 106 Å². The van der Waals surface area contributed by atoms with E-state index in [2.05, 4.69) is 15.8 Å². The maximum absolute atomic E-state index is 12.5. The maximum atomic E-state index is 12.5. The molecule has 0 atom stereocenters. The van der Waals surface area contributed by atoms with Crippen LogP contribution < -0.4 is 20.2 Å². The summed E-state index contributed by atoms with van der Waals surface area (Å²) < 4.78 is 10.5. The van der Waals surface area contributed by atoms with E-state index in [0.717, 1.165) is 0 Å². The molecule has 0 fully saturated rings. The zero-order valence-corrected chi connectivity index (χ0v) is 18.6. The van der Waals surface area contributed by atoms with Crippen LogP contribution in [0.1, 0.15) is 22.8 Å². The van der Waals surface area contributed by atoms with Crippen LogP contribution in [0.3, 0.4) is 0 Å². The first-order valence-electron chi connectivity index (χ1n) is 9.74. The summed E-state index contributed by atoms with van der Waals surface area (Å²) >= 11 is 5.93. The van der Waals surface area contributed by atoms with Crippen molar-refractivity contribution >= 4 is 40.8 Å². The number of carbonyl (C=O) groups is 3. The van der Waals surface area contributed by atoms with Gasteiger partial charge in [-0.1, -0.05) is 29.8 Å². The summed E-state index contributed by atoms with van der Waals surface area (Å²) in [5.74, 6) is -1.59. The Balaban J connectivity index is 1.67. The Bertz CT molecular complexity index is 1210. The number of nitrogens with zero attached hydrogens (tertiary/aromatic N) is 1. The Kier molecular flexibility index (Phi) is 7.77. The number of esters is 1. The Morgan fingerprint density at radius 1 is 0.909 bits per heavy atom. The molecule has 8 nitrogen and oxygen atoms in total. The number of benzene rings is 3. The van der Waals surface area contributed by atoms with Crippen molar-refractivity contribution in [1.82, 2.24) is 5.43 Å². The second-order valence-electron chi connectivity index (χ2n) is 6.72. The van der Waals surface area contributed by atoms with E-state index < -0.39 is 17.8 Å². The summed E-state index contributed by atoms with van der Waals surface area (Å²) in [6, 6.07) is 19.6. The molecular formula is C24H20ClN3O5. The third-order valence-corrected chi connectivity index (χ3v) is 4.65. The molecule has 168 valence electrons. The molecule has 0 unspecified atom stereocenters. The second-order valence-corrected chi connectivity index (χ2v) is 7.15. The van der Waals surface area contributed by atoms with Crippen molar-refractivity contribution in [1.29, 1.82) is 0 Å². The van der Waals surface area contributed by atoms with Gasteiger partial charge in [0.15, 0.2) is 0 Å². The minimum Gasteiger partial charge on any atom is -0.497 e. The van der Waals surface area contributed by atoms with Crippen molar-refractivity contribution in [3.05, 3.63) is 88.9 Å². The van der Waals surface area contributed by atoms with Crippen LogP contribution in [0.2, 0.25) is 5.02 Å². The first-order chi connectivity index (χ1) is 15.9. The van der Waals surface area contributed by atoms with E-state index in [1.807, 2.05) is 0 Å². The quantitative estimate of drug-likeness (QED) is 0.188. The highest BCUT2D eigenvalue weighted by Gasteiger charge is 2.16. The van der Waals surface area contributed by atoms with Crippen LogP contribution in [-0.4, -0.2) is 30.6 Å². The van der Waals surface area contributed by atoms with Crippen LogP contribution in [0.4, 0.5) is 5.69 Å². The van der Waals surface area contributed by atoms with Gasteiger partial charge in [-0.2, -0.15) is 5.10 Å². The molecule has 3 aromatic carbocycles. The lowest BCUT2D eigenvalue weighted by atomic mass is 10.1. The fourth-order valence-electron chi connectivity index (χ4n) is 2.74. The third-order valence-electron chi connectivity index (χ3n) is 4.42. The van der Waals surface area contributed by atoms with Crippen LogP contribution in [0, 0.1) is 0 Å². The van der Waals surface area contributed by atoms with Gasteiger partial charge in [0.2, 0.25) is 0 Å². The Morgan fingerprint density at radius 2 is 1.64 bits per heavy atom. The van der Waals surface area contributed by atoms with E-state index >= 15 is 0 Å². The average Bonchev–Trinajstić information content (AvgIpc) is 2.83. The lowest BCUT2D eigenvalue weighted by Gasteiger charge is -2.10. The molecule has 33 heavy (non-hydrogen) atoms. The van der Waals surface area contributed by atoms with E-state index in [9.17, 15) is 14.4 Å². The number of anilines is 1. The maximum Gasteiger partial charge on any atom is 0.343 e.